The van der Waals surface area contributed by atoms with Crippen LogP contribution in [0.3, 0.4) is 0 Å². The fourth-order valence-electron chi connectivity index (χ4n) is 4.34. The first kappa shape index (κ1) is 27.5. The summed E-state index contributed by atoms with van der Waals surface area (Å²) in [5.74, 6) is 0.577. The molecule has 1 amide bonds. The third kappa shape index (κ3) is 6.24. The molecule has 212 valence electrons. The summed E-state index contributed by atoms with van der Waals surface area (Å²) in [6.45, 7) is 5.82. The van der Waals surface area contributed by atoms with Gasteiger partial charge in [-0.1, -0.05) is 6.07 Å². The van der Waals surface area contributed by atoms with Gasteiger partial charge in [-0.2, -0.15) is 13.2 Å². The largest absolute Gasteiger partial charge is 0.416 e. The fourth-order valence-corrected chi connectivity index (χ4v) is 4.34. The number of carbonyl (C=O) groups excluding carboxylic acids is 1. The second kappa shape index (κ2) is 11.2. The molecule has 13 heteroatoms. The Morgan fingerprint density at radius 2 is 1.88 bits per heavy atom. The summed E-state index contributed by atoms with van der Waals surface area (Å²) in [6.07, 6.45) is 3.57. The molecule has 0 aliphatic carbocycles. The van der Waals surface area contributed by atoms with Crippen LogP contribution in [0, 0.1) is 6.92 Å². The van der Waals surface area contributed by atoms with Crippen LogP contribution in [0.1, 0.15) is 28.4 Å². The maximum absolute atomic E-state index is 13.8. The van der Waals surface area contributed by atoms with Gasteiger partial charge < -0.3 is 26.2 Å². The Morgan fingerprint density at radius 3 is 2.59 bits per heavy atom. The third-order valence-electron chi connectivity index (χ3n) is 6.63. The number of aryl methyl sites for hydroxylation is 1. The lowest BCUT2D eigenvalue weighted by Crippen LogP contribution is -2.34. The van der Waals surface area contributed by atoms with Crippen molar-refractivity contribution in [2.45, 2.75) is 20.0 Å². The van der Waals surface area contributed by atoms with Crippen LogP contribution in [-0.2, 0) is 6.18 Å². The Kier molecular flexibility index (Phi) is 7.51. The summed E-state index contributed by atoms with van der Waals surface area (Å²) in [6, 6.07) is 10.1. The molecule has 2 aromatic heterocycles. The van der Waals surface area contributed by atoms with Crippen molar-refractivity contribution in [3.63, 3.8) is 0 Å². The van der Waals surface area contributed by atoms with Crippen LogP contribution in [-0.4, -0.2) is 50.0 Å². The molecule has 1 aliphatic heterocycles. The number of likely N-dealkylation sites (N-methyl/N-ethyl adjacent to an activating group) is 1. The average molecular weight is 564 g/mol. The molecule has 2 aromatic carbocycles. The number of rotatable bonds is 7. The van der Waals surface area contributed by atoms with Gasteiger partial charge in [0.05, 0.1) is 5.56 Å². The summed E-state index contributed by atoms with van der Waals surface area (Å²) < 4.78 is 43.0. The lowest BCUT2D eigenvalue weighted by atomic mass is 10.1. The Balaban J connectivity index is 1.40. The minimum absolute atomic E-state index is 0.104. The van der Waals surface area contributed by atoms with Crippen molar-refractivity contribution in [1.29, 1.82) is 0 Å². The zero-order valence-electron chi connectivity index (χ0n) is 22.4. The van der Waals surface area contributed by atoms with Crippen LogP contribution in [0.5, 0.6) is 0 Å². The zero-order valence-corrected chi connectivity index (χ0v) is 22.4. The predicted molar refractivity (Wildman–Crippen MR) is 151 cm³/mol. The van der Waals surface area contributed by atoms with Gasteiger partial charge in [-0.25, -0.2) is 15.0 Å². The topological polar surface area (TPSA) is 117 Å². The summed E-state index contributed by atoms with van der Waals surface area (Å²) in [5, 5.41) is 5.94. The molecule has 10 nitrogen and oxygen atoms in total. The Hall–Kier alpha value is -5.07. The quantitative estimate of drug-likeness (QED) is 0.282. The van der Waals surface area contributed by atoms with E-state index in [4.69, 9.17) is 5.73 Å². The number of imidazole rings is 1. The maximum atomic E-state index is 13.8. The van der Waals surface area contributed by atoms with E-state index < -0.39 is 17.6 Å². The van der Waals surface area contributed by atoms with Crippen molar-refractivity contribution < 1.29 is 18.0 Å². The second-order valence-electron chi connectivity index (χ2n) is 9.42. The summed E-state index contributed by atoms with van der Waals surface area (Å²) in [5.41, 5.74) is 6.94. The SMILES string of the molecule is CCN1C=CN(c2cc(C(=O)Nc3ccc(C)c(Nc4nccn4-c4cc(N)ncn4)c3)cc(C(F)(F)F)c2)CC1. The van der Waals surface area contributed by atoms with Gasteiger partial charge in [-0.05, 0) is 49.7 Å². The van der Waals surface area contributed by atoms with E-state index in [-0.39, 0.29) is 5.56 Å². The molecule has 3 heterocycles. The summed E-state index contributed by atoms with van der Waals surface area (Å²) in [7, 11) is 0. The zero-order chi connectivity index (χ0) is 29.1. The number of carbonyl (C=O) groups is 1. The van der Waals surface area contributed by atoms with Gasteiger partial charge >= 0.3 is 6.18 Å². The lowest BCUT2D eigenvalue weighted by Gasteiger charge is -2.31. The highest BCUT2D eigenvalue weighted by molar-refractivity contribution is 6.05. The van der Waals surface area contributed by atoms with Gasteiger partial charge in [0.2, 0.25) is 5.95 Å². The number of benzene rings is 2. The number of anilines is 5. The number of nitrogen functional groups attached to an aromatic ring is 1. The Labute approximate surface area is 234 Å². The number of nitrogens with zero attached hydrogens (tertiary/aromatic N) is 6. The minimum atomic E-state index is -4.61. The van der Waals surface area contributed by atoms with E-state index in [1.165, 1.54) is 12.4 Å². The smallest absolute Gasteiger partial charge is 0.384 e. The fraction of sp³-hybridized carbons (Fsp3) is 0.214. The van der Waals surface area contributed by atoms with E-state index >= 15 is 0 Å². The number of nitrogens with one attached hydrogen (secondary N) is 2. The standard InChI is InChI=1S/C28H28F3N9O/c1-3-38-8-10-39(11-9-38)22-13-19(12-20(14-22)28(29,30)31)26(41)36-21-5-4-18(2)23(15-21)37-27-33-6-7-40(27)25-16-24(32)34-17-35-25/h4-8,10,12-17H,3,9,11H2,1-2H3,(H,33,37)(H,36,41)(H2,32,34,35). The predicted octanol–water partition coefficient (Wildman–Crippen LogP) is 5.18. The first-order chi connectivity index (χ1) is 19.6. The second-order valence-corrected chi connectivity index (χ2v) is 9.42. The number of alkyl halides is 3. The lowest BCUT2D eigenvalue weighted by molar-refractivity contribution is -0.137. The number of hydrogen-bond donors (Lipinski definition) is 3. The number of halogens is 3. The normalized spacial score (nSPS) is 13.4. The third-order valence-corrected chi connectivity index (χ3v) is 6.63. The summed E-state index contributed by atoms with van der Waals surface area (Å²) in [4.78, 5) is 29.4. The van der Waals surface area contributed by atoms with E-state index in [0.717, 1.165) is 24.2 Å². The molecule has 0 unspecified atom stereocenters. The number of hydrogen-bond acceptors (Lipinski definition) is 8. The molecular formula is C28H28F3N9O. The minimum Gasteiger partial charge on any atom is -0.384 e. The van der Waals surface area contributed by atoms with Gasteiger partial charge in [0.25, 0.3) is 5.91 Å². The van der Waals surface area contributed by atoms with Crippen LogP contribution >= 0.6 is 0 Å². The van der Waals surface area contributed by atoms with E-state index in [9.17, 15) is 18.0 Å². The number of nitrogens with two attached hydrogens (primary N) is 1. The average Bonchev–Trinajstić information content (AvgIpc) is 3.42. The molecular weight excluding hydrogens is 535 g/mol. The molecule has 0 radical (unpaired) electrons. The van der Waals surface area contributed by atoms with Crippen molar-refractivity contribution >= 4 is 34.7 Å². The van der Waals surface area contributed by atoms with E-state index in [1.54, 1.807) is 52.3 Å². The molecule has 0 saturated heterocycles. The van der Waals surface area contributed by atoms with E-state index in [1.807, 2.05) is 20.0 Å². The van der Waals surface area contributed by atoms with Crippen LogP contribution in [0.25, 0.3) is 5.82 Å². The first-order valence-corrected chi connectivity index (χ1v) is 12.8. The Morgan fingerprint density at radius 1 is 1.05 bits per heavy atom. The first-order valence-electron chi connectivity index (χ1n) is 12.8. The Bertz CT molecular complexity index is 1600. The molecule has 0 spiro atoms. The van der Waals surface area contributed by atoms with E-state index in [2.05, 4.69) is 30.5 Å². The highest BCUT2D eigenvalue weighted by Crippen LogP contribution is 2.34. The molecule has 0 bridgehead atoms. The monoisotopic (exact) mass is 563 g/mol. The number of aromatic nitrogens is 4. The van der Waals surface area contributed by atoms with Gasteiger partial charge in [-0.3, -0.25) is 9.36 Å². The summed E-state index contributed by atoms with van der Waals surface area (Å²) >= 11 is 0. The molecule has 41 heavy (non-hydrogen) atoms. The van der Waals surface area contributed by atoms with Crippen molar-refractivity contribution in [3.05, 3.63) is 90.3 Å². The molecule has 4 N–H and O–H groups in total. The van der Waals surface area contributed by atoms with Crippen LogP contribution in [0.2, 0.25) is 0 Å². The highest BCUT2D eigenvalue weighted by Gasteiger charge is 2.32. The van der Waals surface area contributed by atoms with Gasteiger partial charge in [0.15, 0.2) is 0 Å². The van der Waals surface area contributed by atoms with Crippen molar-refractivity contribution in [2.75, 3.05) is 40.9 Å². The highest BCUT2D eigenvalue weighted by atomic mass is 19.4. The van der Waals surface area contributed by atoms with Gasteiger partial charge in [-0.15, -0.1) is 0 Å². The molecule has 1 aliphatic rings. The van der Waals surface area contributed by atoms with E-state index in [0.29, 0.717) is 47.7 Å². The molecule has 0 fully saturated rings. The maximum Gasteiger partial charge on any atom is 0.416 e. The molecule has 0 atom stereocenters. The van der Waals surface area contributed by atoms with Gasteiger partial charge in [0, 0.05) is 73.1 Å². The van der Waals surface area contributed by atoms with Crippen molar-refractivity contribution in [3.8, 4) is 5.82 Å². The molecule has 5 rings (SSSR count). The number of amides is 1. The van der Waals surface area contributed by atoms with Crippen LogP contribution in [0.4, 0.5) is 42.0 Å². The van der Waals surface area contributed by atoms with Gasteiger partial charge in [0.1, 0.15) is 18.0 Å². The van der Waals surface area contributed by atoms with Crippen molar-refractivity contribution in [2.24, 2.45) is 0 Å². The van der Waals surface area contributed by atoms with Crippen molar-refractivity contribution in [1.82, 2.24) is 24.4 Å². The molecule has 4 aromatic rings. The van der Waals surface area contributed by atoms with Crippen LogP contribution in [0.15, 0.2) is 73.6 Å². The van der Waals surface area contributed by atoms with Crippen LogP contribution < -0.4 is 21.3 Å². The molecule has 0 saturated carbocycles.